The Morgan fingerprint density at radius 2 is 1.86 bits per heavy atom. The molecule has 2 rings (SSSR count). The summed E-state index contributed by atoms with van der Waals surface area (Å²) in [5.74, 6) is 0.126. The third kappa shape index (κ3) is 3.07. The Hall–Kier alpha value is -2.87. The minimum Gasteiger partial charge on any atom is -0.333 e. The largest absolute Gasteiger partial charge is 0.333 e. The summed E-state index contributed by atoms with van der Waals surface area (Å²) in [4.78, 5) is 7.43. The van der Waals surface area contributed by atoms with Gasteiger partial charge in [0, 0.05) is 20.3 Å². The lowest BCUT2D eigenvalue weighted by atomic mass is 9.97. The second-order valence-electron chi connectivity index (χ2n) is 5.11. The van der Waals surface area contributed by atoms with Crippen molar-refractivity contribution in [2.24, 2.45) is 0 Å². The van der Waals surface area contributed by atoms with Crippen molar-refractivity contribution >= 4 is 5.96 Å². The van der Waals surface area contributed by atoms with E-state index in [1.807, 2.05) is 62.6 Å². The molecule has 5 heteroatoms. The van der Waals surface area contributed by atoms with Gasteiger partial charge in [0.15, 0.2) is 6.19 Å². The Morgan fingerprint density at radius 3 is 2.45 bits per heavy atom. The smallest absolute Gasteiger partial charge is 0.207 e. The fraction of sp³-hybridized carbons (Fsp3) is 0.235. The van der Waals surface area contributed by atoms with Gasteiger partial charge in [0.25, 0.3) is 0 Å². The molecule has 1 unspecified atom stereocenters. The lowest BCUT2D eigenvalue weighted by Crippen LogP contribution is -2.40. The Balaban J connectivity index is 2.50. The molecule has 1 aromatic heterocycles. The quantitative estimate of drug-likeness (QED) is 0.409. The van der Waals surface area contributed by atoms with Crippen molar-refractivity contribution in [1.82, 2.24) is 14.8 Å². The SMILES string of the molecule is Cc1ccccc1C(c1ccccn1)N(C)C(=N)N(C)C#N. The summed E-state index contributed by atoms with van der Waals surface area (Å²) >= 11 is 0. The number of nitrogens with one attached hydrogen (secondary N) is 1. The van der Waals surface area contributed by atoms with Crippen LogP contribution in [0, 0.1) is 23.8 Å². The molecule has 0 amide bonds. The summed E-state index contributed by atoms with van der Waals surface area (Å²) in [6, 6.07) is 13.6. The molecule has 1 heterocycles. The number of nitriles is 1. The highest BCUT2D eigenvalue weighted by atomic mass is 15.3. The molecule has 0 radical (unpaired) electrons. The van der Waals surface area contributed by atoms with Crippen molar-refractivity contribution in [3.63, 3.8) is 0 Å². The lowest BCUT2D eigenvalue weighted by Gasteiger charge is -2.32. The van der Waals surface area contributed by atoms with Gasteiger partial charge >= 0.3 is 0 Å². The van der Waals surface area contributed by atoms with Gasteiger partial charge in [-0.2, -0.15) is 5.26 Å². The minimum absolute atomic E-state index is 0.126. The van der Waals surface area contributed by atoms with Crippen LogP contribution in [0.15, 0.2) is 48.7 Å². The third-order valence-corrected chi connectivity index (χ3v) is 3.64. The number of benzene rings is 1. The van der Waals surface area contributed by atoms with E-state index in [1.165, 1.54) is 4.90 Å². The first kappa shape index (κ1) is 15.5. The Labute approximate surface area is 130 Å². The maximum Gasteiger partial charge on any atom is 0.207 e. The molecule has 2 aromatic rings. The molecule has 0 bridgehead atoms. The van der Waals surface area contributed by atoms with Crippen molar-refractivity contribution in [3.8, 4) is 6.19 Å². The third-order valence-electron chi connectivity index (χ3n) is 3.64. The average molecular weight is 293 g/mol. The molecule has 112 valence electrons. The van der Waals surface area contributed by atoms with Crippen LogP contribution in [0.25, 0.3) is 0 Å². The summed E-state index contributed by atoms with van der Waals surface area (Å²) < 4.78 is 0. The molecule has 0 saturated heterocycles. The lowest BCUT2D eigenvalue weighted by molar-refractivity contribution is 0.374. The van der Waals surface area contributed by atoms with E-state index in [-0.39, 0.29) is 12.0 Å². The number of hydrogen-bond donors (Lipinski definition) is 1. The highest BCUT2D eigenvalue weighted by Gasteiger charge is 2.25. The zero-order chi connectivity index (χ0) is 16.1. The monoisotopic (exact) mass is 293 g/mol. The first-order chi connectivity index (χ1) is 10.6. The summed E-state index contributed by atoms with van der Waals surface area (Å²) in [6.45, 7) is 2.04. The molecule has 5 nitrogen and oxygen atoms in total. The van der Waals surface area contributed by atoms with Crippen LogP contribution in [0.5, 0.6) is 0 Å². The van der Waals surface area contributed by atoms with Gasteiger partial charge < -0.3 is 4.90 Å². The van der Waals surface area contributed by atoms with Gasteiger partial charge in [0.1, 0.15) is 0 Å². The Morgan fingerprint density at radius 1 is 1.18 bits per heavy atom. The first-order valence-corrected chi connectivity index (χ1v) is 6.97. The fourth-order valence-corrected chi connectivity index (χ4v) is 2.40. The summed E-state index contributed by atoms with van der Waals surface area (Å²) in [6.07, 6.45) is 3.71. The van der Waals surface area contributed by atoms with E-state index in [9.17, 15) is 0 Å². The van der Waals surface area contributed by atoms with E-state index >= 15 is 0 Å². The van der Waals surface area contributed by atoms with E-state index in [2.05, 4.69) is 4.98 Å². The van der Waals surface area contributed by atoms with E-state index in [0.29, 0.717) is 0 Å². The molecule has 0 aliphatic rings. The summed E-state index contributed by atoms with van der Waals surface area (Å²) in [5.41, 5.74) is 3.03. The van der Waals surface area contributed by atoms with Crippen LogP contribution >= 0.6 is 0 Å². The number of hydrogen-bond acceptors (Lipinski definition) is 3. The number of aryl methyl sites for hydroxylation is 1. The number of guanidine groups is 1. The second-order valence-corrected chi connectivity index (χ2v) is 5.11. The van der Waals surface area contributed by atoms with Crippen molar-refractivity contribution in [2.45, 2.75) is 13.0 Å². The zero-order valence-electron chi connectivity index (χ0n) is 13.0. The predicted octanol–water partition coefficient (Wildman–Crippen LogP) is 2.76. The van der Waals surface area contributed by atoms with Gasteiger partial charge in [-0.15, -0.1) is 0 Å². The molecule has 0 aliphatic heterocycles. The van der Waals surface area contributed by atoms with E-state index in [4.69, 9.17) is 10.7 Å². The summed E-state index contributed by atoms with van der Waals surface area (Å²) in [5, 5.41) is 17.2. The topological polar surface area (TPSA) is 67.0 Å². The maximum absolute atomic E-state index is 9.02. The molecule has 0 fully saturated rings. The molecule has 0 aliphatic carbocycles. The standard InChI is InChI=1S/C17H19N5/c1-13-8-4-5-9-14(13)16(15-10-6-7-11-20-15)22(3)17(19)21(2)12-18/h4-11,16,19H,1-3H3. The molecule has 0 saturated carbocycles. The van der Waals surface area contributed by atoms with Crippen molar-refractivity contribution < 1.29 is 0 Å². The number of aromatic nitrogens is 1. The number of pyridine rings is 1. The van der Waals surface area contributed by atoms with Gasteiger partial charge in [-0.05, 0) is 30.2 Å². The molecule has 1 atom stereocenters. The average Bonchev–Trinajstić information content (AvgIpc) is 2.56. The molecular weight excluding hydrogens is 274 g/mol. The van der Waals surface area contributed by atoms with Crippen molar-refractivity contribution in [2.75, 3.05) is 14.1 Å². The van der Waals surface area contributed by atoms with Gasteiger partial charge in [0.05, 0.1) is 11.7 Å². The highest BCUT2D eigenvalue weighted by Crippen LogP contribution is 2.28. The van der Waals surface area contributed by atoms with Gasteiger partial charge in [-0.1, -0.05) is 30.3 Å². The molecular formula is C17H19N5. The molecule has 22 heavy (non-hydrogen) atoms. The number of rotatable bonds is 3. The van der Waals surface area contributed by atoms with Gasteiger partial charge in [-0.25, -0.2) is 0 Å². The van der Waals surface area contributed by atoms with Crippen LogP contribution in [0.1, 0.15) is 22.9 Å². The van der Waals surface area contributed by atoms with Crippen LogP contribution in [0.3, 0.4) is 0 Å². The highest BCUT2D eigenvalue weighted by molar-refractivity contribution is 5.78. The second kappa shape index (κ2) is 6.72. The van der Waals surface area contributed by atoms with Crippen LogP contribution in [-0.2, 0) is 0 Å². The van der Waals surface area contributed by atoms with E-state index in [1.54, 1.807) is 18.1 Å². The Kier molecular flexibility index (Phi) is 4.74. The van der Waals surface area contributed by atoms with Gasteiger partial charge in [-0.3, -0.25) is 15.3 Å². The van der Waals surface area contributed by atoms with Gasteiger partial charge in [0.2, 0.25) is 5.96 Å². The minimum atomic E-state index is -0.217. The Bertz CT molecular complexity index is 690. The van der Waals surface area contributed by atoms with E-state index in [0.717, 1.165) is 16.8 Å². The van der Waals surface area contributed by atoms with Crippen LogP contribution in [0.4, 0.5) is 0 Å². The zero-order valence-corrected chi connectivity index (χ0v) is 13.0. The molecule has 0 spiro atoms. The molecule has 1 N–H and O–H groups in total. The van der Waals surface area contributed by atoms with E-state index < -0.39 is 0 Å². The number of nitrogens with zero attached hydrogens (tertiary/aromatic N) is 4. The van der Waals surface area contributed by atoms with Crippen LogP contribution in [0.2, 0.25) is 0 Å². The van der Waals surface area contributed by atoms with Crippen molar-refractivity contribution in [3.05, 3.63) is 65.5 Å². The molecule has 1 aromatic carbocycles. The predicted molar refractivity (Wildman–Crippen MR) is 86.1 cm³/mol. The normalized spacial score (nSPS) is 11.4. The maximum atomic E-state index is 9.02. The first-order valence-electron chi connectivity index (χ1n) is 6.97. The summed E-state index contributed by atoms with van der Waals surface area (Å²) in [7, 11) is 3.38. The van der Waals surface area contributed by atoms with Crippen molar-refractivity contribution in [1.29, 1.82) is 10.7 Å². The van der Waals surface area contributed by atoms with Crippen LogP contribution < -0.4 is 0 Å². The fourth-order valence-electron chi connectivity index (χ4n) is 2.40. The van der Waals surface area contributed by atoms with Crippen LogP contribution in [-0.4, -0.2) is 34.8 Å².